The van der Waals surface area contributed by atoms with Crippen molar-refractivity contribution in [2.45, 2.75) is 89.3 Å². The van der Waals surface area contributed by atoms with Crippen LogP contribution in [0.2, 0.25) is 0 Å². The zero-order valence-electron chi connectivity index (χ0n) is 13.7. The van der Waals surface area contributed by atoms with Crippen LogP contribution in [0.15, 0.2) is 0 Å². The summed E-state index contributed by atoms with van der Waals surface area (Å²) in [6.07, 6.45) is 19.0. The van der Waals surface area contributed by atoms with E-state index in [9.17, 15) is 0 Å². The van der Waals surface area contributed by atoms with Gasteiger partial charge >= 0.3 is 0 Å². The fraction of sp³-hybridized carbons (Fsp3) is 0.895. The first kappa shape index (κ1) is 17.3. The Bertz CT molecular complexity index is 250. The van der Waals surface area contributed by atoms with Crippen LogP contribution in [0, 0.1) is 19.3 Å². The average Bonchev–Trinajstić information content (AvgIpc) is 3.38. The van der Waals surface area contributed by atoms with Gasteiger partial charge in [0.1, 0.15) is 0 Å². The van der Waals surface area contributed by atoms with Crippen LogP contribution in [0.1, 0.15) is 77.0 Å². The molecule has 0 aromatic heterocycles. The zero-order chi connectivity index (χ0) is 14.8. The highest BCUT2D eigenvalue weighted by atomic mass is 16.5. The highest BCUT2D eigenvalue weighted by Gasteiger charge is 2.39. The van der Waals surface area contributed by atoms with Crippen molar-refractivity contribution in [2.75, 3.05) is 13.2 Å². The van der Waals surface area contributed by atoms with Gasteiger partial charge in [-0.1, -0.05) is 64.7 Å². The molecule has 122 valence electrons. The van der Waals surface area contributed by atoms with E-state index in [-0.39, 0.29) is 0 Å². The van der Waals surface area contributed by atoms with Crippen LogP contribution in [0.3, 0.4) is 0 Å². The monoisotopic (exact) mass is 294 g/mol. The van der Waals surface area contributed by atoms with Gasteiger partial charge in [-0.15, -0.1) is 0 Å². The van der Waals surface area contributed by atoms with Gasteiger partial charge in [-0.25, -0.2) is 0 Å². The molecule has 0 aromatic rings. The first-order valence-corrected chi connectivity index (χ1v) is 9.26. The van der Waals surface area contributed by atoms with Crippen molar-refractivity contribution in [1.29, 1.82) is 0 Å². The van der Waals surface area contributed by atoms with Gasteiger partial charge < -0.3 is 9.47 Å². The predicted octanol–water partition coefficient (Wildman–Crippen LogP) is 5.12. The van der Waals surface area contributed by atoms with Crippen molar-refractivity contribution in [3.8, 4) is 0 Å². The minimum atomic E-state index is 0.477. The van der Waals surface area contributed by atoms with Crippen LogP contribution in [0.4, 0.5) is 0 Å². The summed E-state index contributed by atoms with van der Waals surface area (Å²) in [5.74, 6) is 0.692. The lowest BCUT2D eigenvalue weighted by Gasteiger charge is -2.05. The first-order valence-electron chi connectivity index (χ1n) is 9.26. The summed E-state index contributed by atoms with van der Waals surface area (Å²) in [5.41, 5.74) is 0. The Morgan fingerprint density at radius 2 is 1.48 bits per heavy atom. The molecule has 0 amide bonds. The molecule has 2 rings (SSSR count). The van der Waals surface area contributed by atoms with E-state index in [1.54, 1.807) is 0 Å². The molecule has 21 heavy (non-hydrogen) atoms. The van der Waals surface area contributed by atoms with Crippen LogP contribution < -0.4 is 0 Å². The van der Waals surface area contributed by atoms with E-state index in [1.165, 1.54) is 64.2 Å². The van der Waals surface area contributed by atoms with Crippen molar-refractivity contribution >= 4 is 0 Å². The summed E-state index contributed by atoms with van der Waals surface area (Å²) in [6.45, 7) is 5.76. The molecule has 0 spiro atoms. The van der Waals surface area contributed by atoms with Crippen molar-refractivity contribution in [1.82, 2.24) is 0 Å². The van der Waals surface area contributed by atoms with Crippen molar-refractivity contribution in [2.24, 2.45) is 5.92 Å². The Morgan fingerprint density at radius 3 is 2.10 bits per heavy atom. The maximum Gasteiger partial charge on any atom is 0.0630 e. The van der Waals surface area contributed by atoms with Crippen LogP contribution >= 0.6 is 0 Å². The fourth-order valence-corrected chi connectivity index (χ4v) is 2.79. The number of ether oxygens (including phenoxy) is 2. The molecular formula is C19H34O2. The van der Waals surface area contributed by atoms with Gasteiger partial charge in [-0.05, 0) is 25.7 Å². The van der Waals surface area contributed by atoms with E-state index in [0.717, 1.165) is 26.1 Å². The normalized spacial score (nSPS) is 24.4. The number of unbranched alkanes of at least 4 members (excludes halogenated alkanes) is 9. The van der Waals surface area contributed by atoms with Gasteiger partial charge in [-0.2, -0.15) is 0 Å². The topological polar surface area (TPSA) is 18.5 Å². The van der Waals surface area contributed by atoms with Crippen LogP contribution in [-0.2, 0) is 9.47 Å². The third-order valence-corrected chi connectivity index (χ3v) is 4.54. The van der Waals surface area contributed by atoms with Gasteiger partial charge in [-0.3, -0.25) is 0 Å². The molecular weight excluding hydrogens is 260 g/mol. The third-order valence-electron chi connectivity index (χ3n) is 4.54. The second-order valence-electron chi connectivity index (χ2n) is 6.78. The Morgan fingerprint density at radius 1 is 0.857 bits per heavy atom. The third kappa shape index (κ3) is 8.83. The maximum absolute atomic E-state index is 5.89. The molecule has 2 fully saturated rings. The van der Waals surface area contributed by atoms with Crippen molar-refractivity contribution in [3.63, 3.8) is 0 Å². The standard InChI is InChI=1S/C19H34O2/c1-2-3-4-5-6-7-8-9-10-11-14-20-19-15-17(19)16-21-18-12-13-18/h12,17-19H,1-11,13-16H2. The summed E-state index contributed by atoms with van der Waals surface area (Å²) in [6, 6.07) is 0. The second-order valence-corrected chi connectivity index (χ2v) is 6.78. The summed E-state index contributed by atoms with van der Waals surface area (Å²) < 4.78 is 11.6. The molecule has 0 heterocycles. The quantitative estimate of drug-likeness (QED) is 0.390. The molecule has 3 unspecified atom stereocenters. The molecule has 0 aliphatic heterocycles. The van der Waals surface area contributed by atoms with E-state index < -0.39 is 0 Å². The lowest BCUT2D eigenvalue weighted by Crippen LogP contribution is -2.05. The molecule has 0 aromatic carbocycles. The van der Waals surface area contributed by atoms with E-state index >= 15 is 0 Å². The van der Waals surface area contributed by atoms with E-state index in [0.29, 0.717) is 18.1 Å². The molecule has 3 atom stereocenters. The number of hydrogen-bond donors (Lipinski definition) is 0. The Labute approximate surface area is 132 Å². The Kier molecular flexibility index (Phi) is 8.73. The lowest BCUT2D eigenvalue weighted by atomic mass is 10.1. The number of hydrogen-bond acceptors (Lipinski definition) is 2. The Hall–Kier alpha value is -0.0800. The van der Waals surface area contributed by atoms with Crippen LogP contribution in [-0.4, -0.2) is 25.4 Å². The molecule has 2 saturated carbocycles. The maximum atomic E-state index is 5.89. The van der Waals surface area contributed by atoms with Gasteiger partial charge in [0.2, 0.25) is 0 Å². The largest absolute Gasteiger partial charge is 0.378 e. The average molecular weight is 294 g/mol. The second kappa shape index (κ2) is 10.6. The molecule has 0 bridgehead atoms. The molecule has 2 aliphatic rings. The highest BCUT2D eigenvalue weighted by Crippen LogP contribution is 2.36. The van der Waals surface area contributed by atoms with Gasteiger partial charge in [0.25, 0.3) is 0 Å². The van der Waals surface area contributed by atoms with Gasteiger partial charge in [0, 0.05) is 12.5 Å². The molecule has 2 aliphatic carbocycles. The molecule has 0 saturated heterocycles. The number of rotatable bonds is 15. The highest BCUT2D eigenvalue weighted by molar-refractivity contribution is 4.98. The van der Waals surface area contributed by atoms with E-state index in [2.05, 4.69) is 13.3 Å². The Balaban J connectivity index is 1.24. The van der Waals surface area contributed by atoms with Crippen LogP contribution in [0.5, 0.6) is 0 Å². The van der Waals surface area contributed by atoms with Crippen molar-refractivity contribution in [3.05, 3.63) is 13.3 Å². The minimum Gasteiger partial charge on any atom is -0.378 e. The van der Waals surface area contributed by atoms with E-state index in [1.807, 2.05) is 0 Å². The fourth-order valence-electron chi connectivity index (χ4n) is 2.79. The molecule has 2 radical (unpaired) electrons. The summed E-state index contributed by atoms with van der Waals surface area (Å²) >= 11 is 0. The first-order chi connectivity index (χ1) is 10.4. The summed E-state index contributed by atoms with van der Waals surface area (Å²) in [5, 5.41) is 0. The summed E-state index contributed by atoms with van der Waals surface area (Å²) in [7, 11) is 0. The van der Waals surface area contributed by atoms with Gasteiger partial charge in [0.05, 0.1) is 18.8 Å². The lowest BCUT2D eigenvalue weighted by molar-refractivity contribution is 0.0696. The summed E-state index contributed by atoms with van der Waals surface area (Å²) in [4.78, 5) is 0. The van der Waals surface area contributed by atoms with Crippen molar-refractivity contribution < 1.29 is 9.47 Å². The molecule has 0 N–H and O–H groups in total. The van der Waals surface area contributed by atoms with E-state index in [4.69, 9.17) is 9.47 Å². The van der Waals surface area contributed by atoms with Gasteiger partial charge in [0.15, 0.2) is 0 Å². The minimum absolute atomic E-state index is 0.477. The SMILES string of the molecule is [CH2]CCCCCCCCCCCOC1CC1COC1[CH]C1. The molecule has 2 heteroatoms. The smallest absolute Gasteiger partial charge is 0.0630 e. The zero-order valence-corrected chi connectivity index (χ0v) is 13.7. The predicted molar refractivity (Wildman–Crippen MR) is 88.0 cm³/mol. The van der Waals surface area contributed by atoms with Crippen LogP contribution in [0.25, 0.3) is 0 Å². The molecule has 2 nitrogen and oxygen atoms in total.